The van der Waals surface area contributed by atoms with Gasteiger partial charge in [0.05, 0.1) is 0 Å². The van der Waals surface area contributed by atoms with Crippen LogP contribution < -0.4 is 15.5 Å². The minimum atomic E-state index is 0.249. The summed E-state index contributed by atoms with van der Waals surface area (Å²) >= 11 is 0. The van der Waals surface area contributed by atoms with E-state index in [9.17, 15) is 4.79 Å². The van der Waals surface area contributed by atoms with Gasteiger partial charge in [0.25, 0.3) is 0 Å². The number of aromatic nitrogens is 1. The lowest BCUT2D eigenvalue weighted by Crippen LogP contribution is -2.45. The second kappa shape index (κ2) is 8.47. The van der Waals surface area contributed by atoms with Crippen molar-refractivity contribution >= 4 is 11.7 Å². The topological polar surface area (TPSA) is 57.3 Å². The van der Waals surface area contributed by atoms with Crippen LogP contribution in [0.1, 0.15) is 44.9 Å². The zero-order valence-electron chi connectivity index (χ0n) is 14.7. The van der Waals surface area contributed by atoms with Crippen molar-refractivity contribution in [1.82, 2.24) is 15.6 Å². The van der Waals surface area contributed by atoms with Crippen molar-refractivity contribution in [2.45, 2.75) is 57.0 Å². The van der Waals surface area contributed by atoms with Crippen molar-refractivity contribution in [3.63, 3.8) is 0 Å². The molecule has 5 nitrogen and oxygen atoms in total. The monoisotopic (exact) mass is 330 g/mol. The number of nitrogens with zero attached hydrogens (tertiary/aromatic N) is 2. The van der Waals surface area contributed by atoms with Gasteiger partial charge in [0.2, 0.25) is 5.91 Å². The van der Waals surface area contributed by atoms with Gasteiger partial charge in [-0.3, -0.25) is 4.79 Å². The maximum Gasteiger partial charge on any atom is 0.220 e. The normalized spacial score (nSPS) is 25.5. The number of pyridine rings is 1. The van der Waals surface area contributed by atoms with E-state index in [-0.39, 0.29) is 5.91 Å². The van der Waals surface area contributed by atoms with Crippen LogP contribution in [0.15, 0.2) is 24.4 Å². The quantitative estimate of drug-likeness (QED) is 0.870. The fourth-order valence-electron chi connectivity index (χ4n) is 4.00. The lowest BCUT2D eigenvalue weighted by atomic mass is 9.84. The highest BCUT2D eigenvalue weighted by molar-refractivity contribution is 5.76. The Hall–Kier alpha value is -1.62. The molecular formula is C19H30N4O. The zero-order valence-corrected chi connectivity index (χ0v) is 14.7. The molecule has 1 saturated carbocycles. The molecule has 0 bridgehead atoms. The van der Waals surface area contributed by atoms with Crippen LogP contribution in [-0.4, -0.2) is 43.1 Å². The Kier molecular flexibility index (Phi) is 6.07. The Bertz CT molecular complexity index is 505. The maximum atomic E-state index is 12.3. The molecule has 2 aliphatic rings. The number of hydrogen-bond acceptors (Lipinski definition) is 4. The summed E-state index contributed by atoms with van der Waals surface area (Å²) in [7, 11) is 2.04. The van der Waals surface area contributed by atoms with E-state index in [1.54, 1.807) is 0 Å². The van der Waals surface area contributed by atoms with Crippen molar-refractivity contribution in [2.75, 3.05) is 25.0 Å². The zero-order chi connectivity index (χ0) is 16.8. The average Bonchev–Trinajstić information content (AvgIpc) is 2.64. The van der Waals surface area contributed by atoms with Crippen LogP contribution in [-0.2, 0) is 4.79 Å². The first-order valence-corrected chi connectivity index (χ1v) is 9.37. The van der Waals surface area contributed by atoms with Gasteiger partial charge in [-0.05, 0) is 63.6 Å². The van der Waals surface area contributed by atoms with Gasteiger partial charge in [-0.15, -0.1) is 0 Å². The van der Waals surface area contributed by atoms with Crippen LogP contribution in [0.2, 0.25) is 0 Å². The molecule has 0 aromatic carbocycles. The van der Waals surface area contributed by atoms with E-state index < -0.39 is 0 Å². The molecule has 1 amide bonds. The first kappa shape index (κ1) is 17.2. The molecule has 1 aliphatic heterocycles. The molecule has 0 atom stereocenters. The molecule has 24 heavy (non-hydrogen) atoms. The van der Waals surface area contributed by atoms with E-state index in [1.165, 1.54) is 25.7 Å². The molecular weight excluding hydrogens is 300 g/mol. The van der Waals surface area contributed by atoms with Crippen molar-refractivity contribution in [3.8, 4) is 0 Å². The van der Waals surface area contributed by atoms with Gasteiger partial charge in [-0.2, -0.15) is 0 Å². The van der Waals surface area contributed by atoms with Crippen LogP contribution in [0.25, 0.3) is 0 Å². The van der Waals surface area contributed by atoms with Gasteiger partial charge < -0.3 is 15.5 Å². The molecule has 0 radical (unpaired) electrons. The molecule has 0 unspecified atom stereocenters. The summed E-state index contributed by atoms with van der Waals surface area (Å²) in [5, 5.41) is 6.61. The minimum Gasteiger partial charge on any atom is -0.356 e. The van der Waals surface area contributed by atoms with Gasteiger partial charge in [0.1, 0.15) is 5.82 Å². The molecule has 2 fully saturated rings. The molecule has 5 heteroatoms. The molecule has 1 aromatic rings. The summed E-state index contributed by atoms with van der Waals surface area (Å²) in [6.45, 7) is 1.93. The summed E-state index contributed by atoms with van der Waals surface area (Å²) in [4.78, 5) is 19.0. The van der Waals surface area contributed by atoms with Crippen LogP contribution in [0.3, 0.4) is 0 Å². The minimum absolute atomic E-state index is 0.249. The second-order valence-corrected chi connectivity index (χ2v) is 7.23. The predicted octanol–water partition coefficient (Wildman–Crippen LogP) is 2.33. The van der Waals surface area contributed by atoms with Gasteiger partial charge in [0.15, 0.2) is 0 Å². The van der Waals surface area contributed by atoms with E-state index in [1.807, 2.05) is 25.4 Å². The molecule has 2 heterocycles. The van der Waals surface area contributed by atoms with Crippen molar-refractivity contribution in [3.05, 3.63) is 24.4 Å². The smallest absolute Gasteiger partial charge is 0.220 e. The fourth-order valence-corrected chi connectivity index (χ4v) is 4.00. The molecule has 1 aliphatic carbocycles. The molecule has 3 rings (SSSR count). The third-order valence-corrected chi connectivity index (χ3v) is 5.56. The molecule has 1 saturated heterocycles. The number of amides is 1. The Morgan fingerprint density at radius 1 is 1.12 bits per heavy atom. The number of carbonyl (C=O) groups excluding carboxylic acids is 1. The molecule has 132 valence electrons. The largest absolute Gasteiger partial charge is 0.356 e. The lowest BCUT2D eigenvalue weighted by molar-refractivity contribution is -0.123. The van der Waals surface area contributed by atoms with Crippen molar-refractivity contribution in [1.29, 1.82) is 0 Å². The van der Waals surface area contributed by atoms with Crippen molar-refractivity contribution < 1.29 is 4.79 Å². The van der Waals surface area contributed by atoms with Crippen LogP contribution in [0.4, 0.5) is 5.82 Å². The standard InChI is InChI=1S/C19H30N4O/c1-20-16-7-5-15(6-8-16)14-19(24)22-17-9-12-23(13-10-17)18-4-2-3-11-21-18/h2-4,11,15-17,20H,5-10,12-14H2,1H3,(H,22,24). The highest BCUT2D eigenvalue weighted by Crippen LogP contribution is 2.27. The Balaban J connectivity index is 1.37. The van der Waals surface area contributed by atoms with Gasteiger partial charge in [-0.25, -0.2) is 4.98 Å². The molecule has 0 spiro atoms. The molecule has 1 aromatic heterocycles. The third-order valence-electron chi connectivity index (χ3n) is 5.56. The maximum absolute atomic E-state index is 12.3. The fraction of sp³-hybridized carbons (Fsp3) is 0.684. The first-order valence-electron chi connectivity index (χ1n) is 9.37. The van der Waals surface area contributed by atoms with Crippen LogP contribution in [0, 0.1) is 5.92 Å². The highest BCUT2D eigenvalue weighted by atomic mass is 16.1. The first-order chi connectivity index (χ1) is 11.7. The van der Waals surface area contributed by atoms with E-state index >= 15 is 0 Å². The summed E-state index contributed by atoms with van der Waals surface area (Å²) in [6.07, 6.45) is 9.33. The van der Waals surface area contributed by atoms with Gasteiger partial charge >= 0.3 is 0 Å². The number of hydrogen-bond donors (Lipinski definition) is 2. The lowest BCUT2D eigenvalue weighted by Gasteiger charge is -2.33. The van der Waals surface area contributed by atoms with E-state index in [2.05, 4.69) is 26.6 Å². The van der Waals surface area contributed by atoms with Crippen LogP contribution >= 0.6 is 0 Å². The van der Waals surface area contributed by atoms with Gasteiger partial charge in [0, 0.05) is 37.8 Å². The molecule has 2 N–H and O–H groups in total. The number of carbonyl (C=O) groups is 1. The predicted molar refractivity (Wildman–Crippen MR) is 97.0 cm³/mol. The van der Waals surface area contributed by atoms with Crippen molar-refractivity contribution in [2.24, 2.45) is 5.92 Å². The summed E-state index contributed by atoms with van der Waals surface area (Å²) in [5.41, 5.74) is 0. The summed E-state index contributed by atoms with van der Waals surface area (Å²) in [5.74, 6) is 1.87. The van der Waals surface area contributed by atoms with E-state index in [0.29, 0.717) is 24.4 Å². The number of rotatable bonds is 5. The second-order valence-electron chi connectivity index (χ2n) is 7.23. The number of piperidine rings is 1. The Labute approximate surface area is 145 Å². The highest BCUT2D eigenvalue weighted by Gasteiger charge is 2.25. The third kappa shape index (κ3) is 4.69. The van der Waals surface area contributed by atoms with E-state index in [0.717, 1.165) is 31.7 Å². The number of anilines is 1. The van der Waals surface area contributed by atoms with Gasteiger partial charge in [-0.1, -0.05) is 6.07 Å². The average molecular weight is 330 g/mol. The summed E-state index contributed by atoms with van der Waals surface area (Å²) in [6, 6.07) is 7.01. The summed E-state index contributed by atoms with van der Waals surface area (Å²) < 4.78 is 0. The van der Waals surface area contributed by atoms with Crippen LogP contribution in [0.5, 0.6) is 0 Å². The number of nitrogens with one attached hydrogen (secondary N) is 2. The van der Waals surface area contributed by atoms with E-state index in [4.69, 9.17) is 0 Å². The SMILES string of the molecule is CNC1CCC(CC(=O)NC2CCN(c3ccccn3)CC2)CC1. The Morgan fingerprint density at radius 3 is 2.50 bits per heavy atom. The Morgan fingerprint density at radius 2 is 1.88 bits per heavy atom.